The molecule has 0 fully saturated rings. The number of anilines is 1. The van der Waals surface area contributed by atoms with Gasteiger partial charge in [0.1, 0.15) is 11.9 Å². The van der Waals surface area contributed by atoms with E-state index in [9.17, 15) is 22.4 Å². The second-order valence-corrected chi connectivity index (χ2v) is 9.34. The molecular formula is C25H26FN3O4S. The number of carbonyl (C=O) groups excluding carboxylic acids is 2. The molecule has 0 radical (unpaired) electrons. The molecule has 0 saturated heterocycles. The number of hydrogen-bond acceptors (Lipinski definition) is 4. The van der Waals surface area contributed by atoms with Crippen LogP contribution in [-0.4, -0.2) is 37.6 Å². The lowest BCUT2D eigenvalue weighted by molar-refractivity contribution is -0.118. The fourth-order valence-electron chi connectivity index (χ4n) is 3.44. The minimum Gasteiger partial charge on any atom is -0.336 e. The van der Waals surface area contributed by atoms with E-state index < -0.39 is 39.3 Å². The summed E-state index contributed by atoms with van der Waals surface area (Å²) in [6.07, 6.45) is 0. The van der Waals surface area contributed by atoms with Gasteiger partial charge < -0.3 is 10.6 Å². The maximum atomic E-state index is 14.6. The molecule has 3 aromatic rings. The molecule has 0 spiro atoms. The molecule has 178 valence electrons. The van der Waals surface area contributed by atoms with Crippen LogP contribution in [0, 0.1) is 5.82 Å². The van der Waals surface area contributed by atoms with Crippen molar-refractivity contribution in [2.24, 2.45) is 0 Å². The molecule has 0 aliphatic carbocycles. The quantitative estimate of drug-likeness (QED) is 0.482. The van der Waals surface area contributed by atoms with Crippen molar-refractivity contribution in [3.63, 3.8) is 0 Å². The monoisotopic (exact) mass is 483 g/mol. The Morgan fingerprint density at radius 1 is 0.912 bits per heavy atom. The van der Waals surface area contributed by atoms with E-state index in [4.69, 9.17) is 0 Å². The first-order chi connectivity index (χ1) is 16.3. The Labute approximate surface area is 198 Å². The van der Waals surface area contributed by atoms with Gasteiger partial charge in [-0.2, -0.15) is 4.31 Å². The Balaban J connectivity index is 1.93. The maximum Gasteiger partial charge on any atom is 0.255 e. The highest BCUT2D eigenvalue weighted by molar-refractivity contribution is 7.89. The lowest BCUT2D eigenvalue weighted by atomic mass is 10.0. The summed E-state index contributed by atoms with van der Waals surface area (Å²) in [6, 6.07) is 19.1. The summed E-state index contributed by atoms with van der Waals surface area (Å²) in [5, 5.41) is 5.27. The highest BCUT2D eigenvalue weighted by atomic mass is 32.2. The lowest BCUT2D eigenvalue weighted by Gasteiger charge is -2.21. The Bertz CT molecular complexity index is 1250. The van der Waals surface area contributed by atoms with Gasteiger partial charge in [-0.05, 0) is 35.9 Å². The first-order valence-corrected chi connectivity index (χ1v) is 12.2. The van der Waals surface area contributed by atoms with Crippen molar-refractivity contribution >= 4 is 27.5 Å². The van der Waals surface area contributed by atoms with Crippen molar-refractivity contribution in [1.82, 2.24) is 9.62 Å². The molecule has 34 heavy (non-hydrogen) atoms. The Hall–Kier alpha value is -3.56. The second kappa shape index (κ2) is 11.0. The summed E-state index contributed by atoms with van der Waals surface area (Å²) >= 11 is 0. The third-order valence-electron chi connectivity index (χ3n) is 5.24. The smallest absolute Gasteiger partial charge is 0.255 e. The molecule has 9 heteroatoms. The van der Waals surface area contributed by atoms with Gasteiger partial charge in [0, 0.05) is 18.8 Å². The predicted molar refractivity (Wildman–Crippen MR) is 128 cm³/mol. The van der Waals surface area contributed by atoms with Crippen LogP contribution < -0.4 is 10.6 Å². The van der Waals surface area contributed by atoms with Crippen molar-refractivity contribution in [3.8, 4) is 0 Å². The maximum absolute atomic E-state index is 14.6. The zero-order valence-corrected chi connectivity index (χ0v) is 19.7. The van der Waals surface area contributed by atoms with Gasteiger partial charge in [0.15, 0.2) is 0 Å². The van der Waals surface area contributed by atoms with Crippen molar-refractivity contribution in [1.29, 1.82) is 0 Å². The summed E-state index contributed by atoms with van der Waals surface area (Å²) in [6.45, 7) is 3.84. The zero-order chi connectivity index (χ0) is 24.7. The number of amides is 2. The van der Waals surface area contributed by atoms with Gasteiger partial charge in [0.2, 0.25) is 10.0 Å². The normalized spacial score (nSPS) is 12.2. The van der Waals surface area contributed by atoms with E-state index in [1.165, 1.54) is 4.31 Å². The molecule has 1 atom stereocenters. The molecule has 2 amide bonds. The van der Waals surface area contributed by atoms with Crippen LogP contribution in [0.3, 0.4) is 0 Å². The van der Waals surface area contributed by atoms with E-state index in [0.29, 0.717) is 11.3 Å². The van der Waals surface area contributed by atoms with Gasteiger partial charge in [0.05, 0.1) is 10.5 Å². The van der Waals surface area contributed by atoms with Gasteiger partial charge in [-0.1, -0.05) is 62.4 Å². The molecule has 0 aromatic heterocycles. The van der Waals surface area contributed by atoms with Crippen LogP contribution in [0.15, 0.2) is 83.8 Å². The van der Waals surface area contributed by atoms with Crippen LogP contribution in [0.2, 0.25) is 0 Å². The molecule has 0 aliphatic heterocycles. The molecule has 2 N–H and O–H groups in total. The molecule has 3 rings (SSSR count). The Morgan fingerprint density at radius 3 is 2.09 bits per heavy atom. The fraction of sp³-hybridized carbons (Fsp3) is 0.200. The van der Waals surface area contributed by atoms with E-state index >= 15 is 0 Å². The van der Waals surface area contributed by atoms with Gasteiger partial charge in [-0.3, -0.25) is 9.59 Å². The highest BCUT2D eigenvalue weighted by Crippen LogP contribution is 2.21. The van der Waals surface area contributed by atoms with Gasteiger partial charge in [0.25, 0.3) is 11.8 Å². The first-order valence-electron chi connectivity index (χ1n) is 10.8. The van der Waals surface area contributed by atoms with E-state index in [1.54, 1.807) is 74.5 Å². The highest BCUT2D eigenvalue weighted by Gasteiger charge is 2.27. The van der Waals surface area contributed by atoms with Crippen molar-refractivity contribution in [2.75, 3.05) is 18.4 Å². The Kier molecular flexibility index (Phi) is 8.14. The molecule has 0 aliphatic rings. The number of hydrogen-bond donors (Lipinski definition) is 2. The predicted octanol–water partition coefficient (Wildman–Crippen LogP) is 3.97. The summed E-state index contributed by atoms with van der Waals surface area (Å²) in [5.74, 6) is -2.34. The second-order valence-electron chi connectivity index (χ2n) is 7.40. The Morgan fingerprint density at radius 2 is 1.50 bits per heavy atom. The number of benzene rings is 3. The molecule has 0 saturated carbocycles. The van der Waals surface area contributed by atoms with E-state index in [1.807, 2.05) is 0 Å². The van der Waals surface area contributed by atoms with Crippen LogP contribution in [0.5, 0.6) is 0 Å². The number of rotatable bonds is 9. The summed E-state index contributed by atoms with van der Waals surface area (Å²) < 4.78 is 41.5. The summed E-state index contributed by atoms with van der Waals surface area (Å²) in [5.41, 5.74) is 0.541. The molecule has 0 bridgehead atoms. The van der Waals surface area contributed by atoms with Gasteiger partial charge in [-0.15, -0.1) is 0 Å². The van der Waals surface area contributed by atoms with E-state index in [-0.39, 0.29) is 18.0 Å². The molecule has 3 aromatic carbocycles. The van der Waals surface area contributed by atoms with E-state index in [0.717, 1.165) is 18.2 Å². The number of halogens is 1. The van der Waals surface area contributed by atoms with Crippen LogP contribution in [0.1, 0.15) is 35.8 Å². The SMILES string of the molecule is CCN(CC)S(=O)(=O)c1ccc(F)c(C(=O)NC(C(=O)Nc2ccccc2)c2ccccc2)c1. The standard InChI is InChI=1S/C25H26FN3O4S/c1-3-29(4-2)34(32,33)20-15-16-22(26)21(17-20)24(30)28-23(18-11-7-5-8-12-18)25(31)27-19-13-9-6-10-14-19/h5-17,23H,3-4H2,1-2H3,(H,27,31)(H,28,30). The third kappa shape index (κ3) is 5.67. The third-order valence-corrected chi connectivity index (χ3v) is 7.28. The summed E-state index contributed by atoms with van der Waals surface area (Å²) in [4.78, 5) is 25.9. The largest absolute Gasteiger partial charge is 0.336 e. The van der Waals surface area contributed by atoms with Crippen molar-refractivity contribution in [3.05, 3.63) is 95.8 Å². The minimum atomic E-state index is -3.90. The topological polar surface area (TPSA) is 95.6 Å². The van der Waals surface area contributed by atoms with Gasteiger partial charge >= 0.3 is 0 Å². The number of carbonyl (C=O) groups is 2. The van der Waals surface area contributed by atoms with Crippen LogP contribution in [0.25, 0.3) is 0 Å². The average Bonchev–Trinajstić information content (AvgIpc) is 2.84. The molecule has 1 unspecified atom stereocenters. The van der Waals surface area contributed by atoms with Crippen molar-refractivity contribution < 1.29 is 22.4 Å². The van der Waals surface area contributed by atoms with Crippen LogP contribution in [-0.2, 0) is 14.8 Å². The van der Waals surface area contributed by atoms with Crippen LogP contribution in [0.4, 0.5) is 10.1 Å². The number of nitrogens with one attached hydrogen (secondary N) is 2. The molecule has 0 heterocycles. The average molecular weight is 484 g/mol. The fourth-order valence-corrected chi connectivity index (χ4v) is 4.93. The summed E-state index contributed by atoms with van der Waals surface area (Å²) in [7, 11) is -3.90. The number of sulfonamides is 1. The van der Waals surface area contributed by atoms with E-state index in [2.05, 4.69) is 10.6 Å². The first kappa shape index (κ1) is 25.1. The zero-order valence-electron chi connectivity index (χ0n) is 18.9. The minimum absolute atomic E-state index is 0.201. The molecule has 7 nitrogen and oxygen atoms in total. The van der Waals surface area contributed by atoms with Gasteiger partial charge in [-0.25, -0.2) is 12.8 Å². The number of para-hydroxylation sites is 1. The lowest BCUT2D eigenvalue weighted by Crippen LogP contribution is -2.37. The molecular weight excluding hydrogens is 457 g/mol. The number of nitrogens with zero attached hydrogens (tertiary/aromatic N) is 1. The van der Waals surface area contributed by atoms with Crippen molar-refractivity contribution in [2.45, 2.75) is 24.8 Å². The van der Waals surface area contributed by atoms with Crippen LogP contribution >= 0.6 is 0 Å².